The Morgan fingerprint density at radius 3 is 2.94 bits per heavy atom. The number of morpholine rings is 1. The van der Waals surface area contributed by atoms with Crippen molar-refractivity contribution in [2.45, 2.75) is 12.5 Å². The number of nitrogens with zero attached hydrogens (tertiary/aromatic N) is 2. The molecule has 1 aromatic rings. The molecule has 0 bridgehead atoms. The highest BCUT2D eigenvalue weighted by Gasteiger charge is 2.22. The highest BCUT2D eigenvalue weighted by atomic mass is 16.5. The highest BCUT2D eigenvalue weighted by molar-refractivity contribution is 5.96. The second kappa shape index (κ2) is 5.46. The molecule has 88 valence electrons. The van der Waals surface area contributed by atoms with Crippen molar-refractivity contribution in [3.63, 3.8) is 0 Å². The average Bonchev–Trinajstić information content (AvgIpc) is 2.40. The van der Waals surface area contributed by atoms with Crippen LogP contribution in [0.1, 0.15) is 16.8 Å². The number of ether oxygens (including phenoxy) is 1. The molecule has 1 aliphatic heterocycles. The molecule has 1 saturated heterocycles. The average molecular weight is 230 g/mol. The van der Waals surface area contributed by atoms with E-state index in [0.717, 1.165) is 0 Å². The summed E-state index contributed by atoms with van der Waals surface area (Å²) in [4.78, 5) is 13.6. The Morgan fingerprint density at radius 2 is 2.24 bits per heavy atom. The summed E-state index contributed by atoms with van der Waals surface area (Å²) in [5, 5.41) is 8.80. The van der Waals surface area contributed by atoms with Crippen molar-refractivity contribution in [1.29, 1.82) is 5.26 Å². The summed E-state index contributed by atoms with van der Waals surface area (Å²) in [5.41, 5.74) is 0.699. The topological polar surface area (TPSA) is 53.3 Å². The zero-order valence-electron chi connectivity index (χ0n) is 9.50. The number of Topliss-reactive ketones (excluding diaryl/α,β-unsaturated/α-hetero) is 1. The molecule has 0 aliphatic carbocycles. The van der Waals surface area contributed by atoms with Gasteiger partial charge in [0, 0.05) is 12.0 Å². The van der Waals surface area contributed by atoms with Gasteiger partial charge in [0.2, 0.25) is 0 Å². The zero-order valence-corrected chi connectivity index (χ0v) is 9.50. The molecule has 0 spiro atoms. The minimum atomic E-state index is -0.170. The number of benzene rings is 1. The largest absolute Gasteiger partial charge is 0.374 e. The molecule has 1 aromatic carbocycles. The van der Waals surface area contributed by atoms with Gasteiger partial charge in [-0.2, -0.15) is 5.26 Å². The third-order valence-electron chi connectivity index (χ3n) is 2.79. The van der Waals surface area contributed by atoms with Crippen molar-refractivity contribution in [3.05, 3.63) is 35.9 Å². The summed E-state index contributed by atoms with van der Waals surface area (Å²) in [5.74, 6) is 0.0652. The van der Waals surface area contributed by atoms with E-state index in [0.29, 0.717) is 31.7 Å². The molecular weight excluding hydrogens is 216 g/mol. The number of hydrogen-bond acceptors (Lipinski definition) is 4. The van der Waals surface area contributed by atoms with Crippen LogP contribution in [-0.2, 0) is 4.74 Å². The van der Waals surface area contributed by atoms with Gasteiger partial charge in [0.05, 0.1) is 25.8 Å². The maximum Gasteiger partial charge on any atom is 0.179 e. The Bertz CT molecular complexity index is 425. The van der Waals surface area contributed by atoms with E-state index in [1.807, 2.05) is 18.2 Å². The number of carbonyl (C=O) groups excluding carboxylic acids is 1. The smallest absolute Gasteiger partial charge is 0.179 e. The molecule has 0 aromatic heterocycles. The van der Waals surface area contributed by atoms with Crippen LogP contribution in [0.4, 0.5) is 0 Å². The van der Waals surface area contributed by atoms with Gasteiger partial charge in [0.1, 0.15) is 0 Å². The Morgan fingerprint density at radius 1 is 1.47 bits per heavy atom. The highest BCUT2D eigenvalue weighted by Crippen LogP contribution is 2.12. The van der Waals surface area contributed by atoms with Crippen LogP contribution in [0.3, 0.4) is 0 Å². The molecule has 0 N–H and O–H groups in total. The molecule has 1 atom stereocenters. The number of rotatable bonds is 3. The number of ketones is 1. The summed E-state index contributed by atoms with van der Waals surface area (Å²) in [7, 11) is 0. The van der Waals surface area contributed by atoms with Crippen LogP contribution >= 0.6 is 0 Å². The fraction of sp³-hybridized carbons (Fsp3) is 0.385. The molecule has 4 heteroatoms. The molecule has 1 heterocycles. The van der Waals surface area contributed by atoms with Gasteiger partial charge < -0.3 is 9.64 Å². The number of hydrogen-bond donors (Lipinski definition) is 0. The fourth-order valence-electron chi connectivity index (χ4n) is 1.88. The molecule has 1 aliphatic rings. The van der Waals surface area contributed by atoms with Crippen LogP contribution < -0.4 is 0 Å². The minimum Gasteiger partial charge on any atom is -0.374 e. The Kier molecular flexibility index (Phi) is 3.73. The minimum absolute atomic E-state index is 0.0652. The molecule has 0 amide bonds. The van der Waals surface area contributed by atoms with Crippen molar-refractivity contribution in [2.75, 3.05) is 19.7 Å². The van der Waals surface area contributed by atoms with Crippen LogP contribution in [0.15, 0.2) is 30.3 Å². The Hall–Kier alpha value is -1.86. The number of carbonyl (C=O) groups is 1. The second-order valence-corrected chi connectivity index (χ2v) is 4.03. The summed E-state index contributed by atoms with van der Waals surface area (Å²) in [6.45, 7) is 1.64. The van der Waals surface area contributed by atoms with Gasteiger partial charge in [-0.25, -0.2) is 0 Å². The van der Waals surface area contributed by atoms with Crippen molar-refractivity contribution < 1.29 is 9.53 Å². The summed E-state index contributed by atoms with van der Waals surface area (Å²) < 4.78 is 5.49. The molecule has 4 nitrogen and oxygen atoms in total. The first-order valence-electron chi connectivity index (χ1n) is 5.64. The summed E-state index contributed by atoms with van der Waals surface area (Å²) in [6, 6.07) is 9.17. The Labute approximate surface area is 100 Å². The van der Waals surface area contributed by atoms with Crippen LogP contribution in [0.2, 0.25) is 0 Å². The third-order valence-corrected chi connectivity index (χ3v) is 2.79. The van der Waals surface area contributed by atoms with Gasteiger partial charge in [0.15, 0.2) is 12.0 Å². The van der Waals surface area contributed by atoms with Crippen molar-refractivity contribution in [1.82, 2.24) is 4.90 Å². The maximum atomic E-state index is 11.9. The van der Waals surface area contributed by atoms with Crippen molar-refractivity contribution >= 4 is 5.78 Å². The van der Waals surface area contributed by atoms with E-state index >= 15 is 0 Å². The maximum absolute atomic E-state index is 11.9. The van der Waals surface area contributed by atoms with E-state index in [-0.39, 0.29) is 11.9 Å². The predicted octanol–water partition coefficient (Wildman–Crippen LogP) is 1.44. The van der Waals surface area contributed by atoms with E-state index in [4.69, 9.17) is 10.00 Å². The van der Waals surface area contributed by atoms with Gasteiger partial charge in [-0.3, -0.25) is 4.79 Å². The van der Waals surface area contributed by atoms with Crippen LogP contribution in [-0.4, -0.2) is 36.5 Å². The number of nitriles is 1. The zero-order chi connectivity index (χ0) is 12.1. The van der Waals surface area contributed by atoms with Gasteiger partial charge >= 0.3 is 0 Å². The van der Waals surface area contributed by atoms with E-state index in [1.165, 1.54) is 0 Å². The van der Waals surface area contributed by atoms with Crippen LogP contribution in [0.5, 0.6) is 0 Å². The molecule has 2 rings (SSSR count). The Balaban J connectivity index is 1.93. The normalized spacial score (nSPS) is 19.7. The first kappa shape index (κ1) is 11.6. The summed E-state index contributed by atoms with van der Waals surface area (Å²) in [6.07, 6.45) is 2.25. The van der Waals surface area contributed by atoms with Gasteiger partial charge in [-0.15, -0.1) is 0 Å². The summed E-state index contributed by atoms with van der Waals surface area (Å²) >= 11 is 0. The van der Waals surface area contributed by atoms with Crippen LogP contribution in [0, 0.1) is 11.5 Å². The SMILES string of the molecule is N#CN1CCOC(CC(=O)c2ccccc2)C1. The third kappa shape index (κ3) is 3.05. The lowest BCUT2D eigenvalue weighted by Gasteiger charge is -2.28. The lowest BCUT2D eigenvalue weighted by atomic mass is 10.0. The van der Waals surface area contributed by atoms with E-state index in [1.54, 1.807) is 17.0 Å². The molecule has 17 heavy (non-hydrogen) atoms. The van der Waals surface area contributed by atoms with Crippen molar-refractivity contribution in [3.8, 4) is 6.19 Å². The van der Waals surface area contributed by atoms with Gasteiger partial charge in [0.25, 0.3) is 0 Å². The van der Waals surface area contributed by atoms with E-state index < -0.39 is 0 Å². The first-order valence-corrected chi connectivity index (χ1v) is 5.64. The van der Waals surface area contributed by atoms with E-state index in [9.17, 15) is 4.79 Å². The molecule has 1 unspecified atom stereocenters. The van der Waals surface area contributed by atoms with Gasteiger partial charge in [-0.05, 0) is 0 Å². The lowest BCUT2D eigenvalue weighted by Crippen LogP contribution is -2.40. The molecular formula is C13H14N2O2. The monoisotopic (exact) mass is 230 g/mol. The quantitative estimate of drug-likeness (QED) is 0.582. The van der Waals surface area contributed by atoms with E-state index in [2.05, 4.69) is 6.19 Å². The van der Waals surface area contributed by atoms with Gasteiger partial charge in [-0.1, -0.05) is 30.3 Å². The first-order chi connectivity index (χ1) is 8.29. The molecule has 1 fully saturated rings. The lowest BCUT2D eigenvalue weighted by molar-refractivity contribution is -0.0107. The van der Waals surface area contributed by atoms with Crippen molar-refractivity contribution in [2.24, 2.45) is 0 Å². The molecule has 0 saturated carbocycles. The van der Waals surface area contributed by atoms with Crippen LogP contribution in [0.25, 0.3) is 0 Å². The second-order valence-electron chi connectivity index (χ2n) is 4.03. The fourth-order valence-corrected chi connectivity index (χ4v) is 1.88. The predicted molar refractivity (Wildman–Crippen MR) is 62.3 cm³/mol. The molecule has 0 radical (unpaired) electrons. The standard InChI is InChI=1S/C13H14N2O2/c14-10-15-6-7-17-12(9-15)8-13(16)11-4-2-1-3-5-11/h1-5,12H,6-9H2.